The molecule has 2 aromatic heterocycles. The van der Waals surface area contributed by atoms with Gasteiger partial charge in [0.15, 0.2) is 0 Å². The van der Waals surface area contributed by atoms with Crippen LogP contribution in [0.1, 0.15) is 19.4 Å². The quantitative estimate of drug-likeness (QED) is 0.916. The molecule has 0 fully saturated rings. The zero-order valence-electron chi connectivity index (χ0n) is 10.1. The van der Waals surface area contributed by atoms with Crippen molar-refractivity contribution in [2.24, 2.45) is 0 Å². The average molecular weight is 278 g/mol. The molecule has 92 valence electrons. The number of hydrogen-bond acceptors (Lipinski definition) is 4. The number of nitrogens with one attached hydrogen (secondary N) is 1. The van der Waals surface area contributed by atoms with Crippen LogP contribution >= 0.6 is 22.9 Å². The Morgan fingerprint density at radius 1 is 1.33 bits per heavy atom. The van der Waals surface area contributed by atoms with Crippen LogP contribution in [0.2, 0.25) is 4.34 Å². The first-order valence-corrected chi connectivity index (χ1v) is 6.73. The lowest BCUT2D eigenvalue weighted by Crippen LogP contribution is -2.12. The van der Waals surface area contributed by atoms with Gasteiger partial charge in [-0.3, -0.25) is 0 Å². The fraction of sp³-hybridized carbons (Fsp3) is 0.231. The molecule has 1 N–H and O–H groups in total. The van der Waals surface area contributed by atoms with Crippen molar-refractivity contribution in [1.82, 2.24) is 4.98 Å². The number of thiophene rings is 1. The van der Waals surface area contributed by atoms with Gasteiger partial charge in [-0.2, -0.15) is 5.26 Å². The third-order valence-electron chi connectivity index (χ3n) is 2.27. The number of hydrogen-bond donors (Lipinski definition) is 1. The smallest absolute Gasteiger partial charge is 0.144 e. The topological polar surface area (TPSA) is 48.7 Å². The summed E-state index contributed by atoms with van der Waals surface area (Å²) >= 11 is 7.39. The predicted octanol–water partition coefficient (Wildman–Crippen LogP) is 4.16. The molecular formula is C13H12ClN3S. The van der Waals surface area contributed by atoms with Gasteiger partial charge >= 0.3 is 0 Å². The molecule has 0 spiro atoms. The fourth-order valence-corrected chi connectivity index (χ4v) is 2.53. The van der Waals surface area contributed by atoms with E-state index in [1.165, 1.54) is 11.3 Å². The maximum Gasteiger partial charge on any atom is 0.144 e. The second kappa shape index (κ2) is 5.38. The molecule has 2 heterocycles. The lowest BCUT2D eigenvalue weighted by atomic mass is 10.2. The van der Waals surface area contributed by atoms with Crippen molar-refractivity contribution in [3.63, 3.8) is 0 Å². The van der Waals surface area contributed by atoms with Crippen LogP contribution in [0.25, 0.3) is 10.6 Å². The molecule has 3 nitrogen and oxygen atoms in total. The van der Waals surface area contributed by atoms with Crippen molar-refractivity contribution in [3.05, 3.63) is 34.2 Å². The monoisotopic (exact) mass is 277 g/mol. The van der Waals surface area contributed by atoms with Crippen LogP contribution in [-0.4, -0.2) is 11.0 Å². The first kappa shape index (κ1) is 12.9. The molecule has 0 saturated heterocycles. The van der Waals surface area contributed by atoms with Gasteiger partial charge < -0.3 is 5.32 Å². The average Bonchev–Trinajstić information content (AvgIpc) is 2.75. The van der Waals surface area contributed by atoms with Gasteiger partial charge in [-0.1, -0.05) is 11.6 Å². The van der Waals surface area contributed by atoms with E-state index >= 15 is 0 Å². The van der Waals surface area contributed by atoms with E-state index in [1.54, 1.807) is 6.07 Å². The highest BCUT2D eigenvalue weighted by Crippen LogP contribution is 2.31. The summed E-state index contributed by atoms with van der Waals surface area (Å²) in [6.45, 7) is 4.02. The summed E-state index contributed by atoms with van der Waals surface area (Å²) in [6.07, 6.45) is 0. The first-order valence-electron chi connectivity index (χ1n) is 5.53. The summed E-state index contributed by atoms with van der Waals surface area (Å²) in [5.74, 6) is 0.620. The molecule has 2 rings (SSSR count). The van der Waals surface area contributed by atoms with Crippen molar-refractivity contribution < 1.29 is 0 Å². The molecule has 0 bridgehead atoms. The minimum Gasteiger partial charge on any atom is -0.367 e. The zero-order valence-corrected chi connectivity index (χ0v) is 11.6. The highest BCUT2D eigenvalue weighted by Gasteiger charge is 2.09. The molecular weight excluding hydrogens is 266 g/mol. The van der Waals surface area contributed by atoms with Crippen LogP contribution in [0, 0.1) is 11.3 Å². The summed E-state index contributed by atoms with van der Waals surface area (Å²) in [4.78, 5) is 5.48. The molecule has 0 aliphatic rings. The van der Waals surface area contributed by atoms with Crippen molar-refractivity contribution in [3.8, 4) is 16.6 Å². The Bertz CT molecular complexity index is 599. The van der Waals surface area contributed by atoms with Crippen LogP contribution < -0.4 is 5.32 Å². The van der Waals surface area contributed by atoms with E-state index in [-0.39, 0.29) is 6.04 Å². The minimum absolute atomic E-state index is 0.228. The number of halogens is 1. The summed E-state index contributed by atoms with van der Waals surface area (Å²) < 4.78 is 0.731. The molecule has 0 aromatic carbocycles. The highest BCUT2D eigenvalue weighted by molar-refractivity contribution is 7.19. The second-order valence-electron chi connectivity index (χ2n) is 4.11. The minimum atomic E-state index is 0.228. The normalized spacial score (nSPS) is 10.4. The van der Waals surface area contributed by atoms with E-state index in [2.05, 4.69) is 16.4 Å². The Morgan fingerprint density at radius 2 is 2.11 bits per heavy atom. The van der Waals surface area contributed by atoms with Crippen LogP contribution in [-0.2, 0) is 0 Å². The number of nitrogens with zero attached hydrogens (tertiary/aromatic N) is 2. The lowest BCUT2D eigenvalue weighted by molar-refractivity contribution is 0.888. The molecule has 0 aliphatic heterocycles. The number of nitriles is 1. The lowest BCUT2D eigenvalue weighted by Gasteiger charge is -2.11. The Hall–Kier alpha value is -1.57. The third kappa shape index (κ3) is 2.81. The van der Waals surface area contributed by atoms with E-state index in [0.29, 0.717) is 11.4 Å². The molecule has 0 radical (unpaired) electrons. The molecule has 0 amide bonds. The highest BCUT2D eigenvalue weighted by atomic mass is 35.5. The Morgan fingerprint density at radius 3 is 2.67 bits per heavy atom. The van der Waals surface area contributed by atoms with E-state index < -0.39 is 0 Å². The maximum absolute atomic E-state index is 9.05. The summed E-state index contributed by atoms with van der Waals surface area (Å²) in [5, 5.41) is 12.2. The van der Waals surface area contributed by atoms with Crippen molar-refractivity contribution in [1.29, 1.82) is 5.26 Å². The number of anilines is 1. The molecule has 0 aliphatic carbocycles. The molecule has 5 heteroatoms. The Kier molecular flexibility index (Phi) is 3.85. The van der Waals surface area contributed by atoms with E-state index in [1.807, 2.05) is 32.0 Å². The SMILES string of the molecule is CC(C)Nc1nc(-c2ccc(Cl)s2)ccc1C#N. The van der Waals surface area contributed by atoms with Crippen molar-refractivity contribution in [2.45, 2.75) is 19.9 Å². The number of aromatic nitrogens is 1. The van der Waals surface area contributed by atoms with Gasteiger partial charge in [0, 0.05) is 6.04 Å². The van der Waals surface area contributed by atoms with E-state index in [0.717, 1.165) is 14.9 Å². The van der Waals surface area contributed by atoms with Gasteiger partial charge in [-0.15, -0.1) is 11.3 Å². The standard InChI is InChI=1S/C13H12ClN3S/c1-8(2)16-13-9(7-15)3-4-10(17-13)11-5-6-12(14)18-11/h3-6,8H,1-2H3,(H,16,17). The van der Waals surface area contributed by atoms with Gasteiger partial charge in [-0.05, 0) is 38.1 Å². The second-order valence-corrected chi connectivity index (χ2v) is 5.82. The molecule has 0 saturated carbocycles. The summed E-state index contributed by atoms with van der Waals surface area (Å²) in [7, 11) is 0. The third-order valence-corrected chi connectivity index (χ3v) is 3.52. The van der Waals surface area contributed by atoms with E-state index in [9.17, 15) is 0 Å². The molecule has 0 atom stereocenters. The van der Waals surface area contributed by atoms with Crippen LogP contribution in [0.4, 0.5) is 5.82 Å². The molecule has 18 heavy (non-hydrogen) atoms. The van der Waals surface area contributed by atoms with Crippen LogP contribution in [0.15, 0.2) is 24.3 Å². The molecule has 2 aromatic rings. The first-order chi connectivity index (χ1) is 8.60. The largest absolute Gasteiger partial charge is 0.367 e. The van der Waals surface area contributed by atoms with Gasteiger partial charge in [0.2, 0.25) is 0 Å². The van der Waals surface area contributed by atoms with Crippen LogP contribution in [0.3, 0.4) is 0 Å². The zero-order chi connectivity index (χ0) is 13.1. The van der Waals surface area contributed by atoms with Crippen molar-refractivity contribution >= 4 is 28.8 Å². The summed E-state index contributed by atoms with van der Waals surface area (Å²) in [5.41, 5.74) is 1.38. The Labute approximate surface area is 115 Å². The van der Waals surface area contributed by atoms with Gasteiger partial charge in [0.25, 0.3) is 0 Å². The van der Waals surface area contributed by atoms with Crippen molar-refractivity contribution in [2.75, 3.05) is 5.32 Å². The van der Waals surface area contributed by atoms with Gasteiger partial charge in [0.05, 0.1) is 20.5 Å². The number of rotatable bonds is 3. The van der Waals surface area contributed by atoms with E-state index in [4.69, 9.17) is 16.9 Å². The van der Waals surface area contributed by atoms with Crippen LogP contribution in [0.5, 0.6) is 0 Å². The number of pyridine rings is 1. The fourth-order valence-electron chi connectivity index (χ4n) is 1.52. The molecule has 0 unspecified atom stereocenters. The van der Waals surface area contributed by atoms with Gasteiger partial charge in [0.1, 0.15) is 11.9 Å². The van der Waals surface area contributed by atoms with Gasteiger partial charge in [-0.25, -0.2) is 4.98 Å². The Balaban J connectivity index is 2.43. The summed E-state index contributed by atoms with van der Waals surface area (Å²) in [6, 6.07) is 9.76. The maximum atomic E-state index is 9.05. The predicted molar refractivity (Wildman–Crippen MR) is 76.0 cm³/mol.